The summed E-state index contributed by atoms with van der Waals surface area (Å²) in [6.45, 7) is 3.93. The van der Waals surface area contributed by atoms with Crippen LogP contribution >= 0.6 is 15.9 Å². The van der Waals surface area contributed by atoms with Gasteiger partial charge in [0.1, 0.15) is 5.82 Å². The Bertz CT molecular complexity index is 677. The number of benzene rings is 2. The fourth-order valence-electron chi connectivity index (χ4n) is 1.87. The third-order valence-electron chi connectivity index (χ3n) is 2.94. The number of ether oxygens (including phenoxy) is 1. The Morgan fingerprint density at radius 1 is 1.14 bits per heavy atom. The first kappa shape index (κ1) is 15.6. The molecule has 0 radical (unpaired) electrons. The second-order valence-corrected chi connectivity index (χ2v) is 5.36. The maximum absolute atomic E-state index is 13.7. The van der Waals surface area contributed by atoms with Crippen LogP contribution in [-0.2, 0) is 0 Å². The lowest BCUT2D eigenvalue weighted by Gasteiger charge is -2.14. The number of halogens is 3. The molecule has 0 atom stereocenters. The van der Waals surface area contributed by atoms with E-state index < -0.39 is 11.6 Å². The van der Waals surface area contributed by atoms with Crippen molar-refractivity contribution < 1.29 is 13.5 Å². The zero-order valence-corrected chi connectivity index (χ0v) is 13.2. The van der Waals surface area contributed by atoms with E-state index in [2.05, 4.69) is 21.2 Å². The summed E-state index contributed by atoms with van der Waals surface area (Å²) in [5.74, 6) is -0.822. The van der Waals surface area contributed by atoms with E-state index in [-0.39, 0.29) is 11.4 Å². The molecular weight excluding hydrogens is 342 g/mol. The van der Waals surface area contributed by atoms with Gasteiger partial charge in [0.25, 0.3) is 0 Å². The van der Waals surface area contributed by atoms with Crippen LogP contribution in [0.2, 0.25) is 0 Å². The molecule has 0 spiro atoms. The summed E-state index contributed by atoms with van der Waals surface area (Å²) < 4.78 is 32.9. The number of aryl methyl sites for hydroxylation is 1. The van der Waals surface area contributed by atoms with Crippen molar-refractivity contribution in [3.8, 4) is 5.75 Å². The molecule has 0 aliphatic carbocycles. The van der Waals surface area contributed by atoms with Gasteiger partial charge in [-0.05, 0) is 47.5 Å². The SMILES string of the molecule is CCOc1cc(Nc2cc(F)c(Br)cc2C)c(N)cc1F. The average molecular weight is 357 g/mol. The molecule has 6 heteroatoms. The summed E-state index contributed by atoms with van der Waals surface area (Å²) in [4.78, 5) is 0. The maximum atomic E-state index is 13.7. The number of hydrogen-bond donors (Lipinski definition) is 2. The summed E-state index contributed by atoms with van der Waals surface area (Å²) in [7, 11) is 0. The monoisotopic (exact) mass is 356 g/mol. The summed E-state index contributed by atoms with van der Waals surface area (Å²) in [6.07, 6.45) is 0. The Morgan fingerprint density at radius 3 is 2.52 bits per heavy atom. The third-order valence-corrected chi connectivity index (χ3v) is 3.55. The Kier molecular flexibility index (Phi) is 4.67. The second-order valence-electron chi connectivity index (χ2n) is 4.51. The predicted molar refractivity (Wildman–Crippen MR) is 84.1 cm³/mol. The van der Waals surface area contributed by atoms with Crippen LogP contribution in [0.1, 0.15) is 12.5 Å². The molecule has 0 saturated heterocycles. The van der Waals surface area contributed by atoms with E-state index in [1.165, 1.54) is 18.2 Å². The van der Waals surface area contributed by atoms with E-state index >= 15 is 0 Å². The van der Waals surface area contributed by atoms with Crippen LogP contribution in [0.4, 0.5) is 25.8 Å². The van der Waals surface area contributed by atoms with Gasteiger partial charge in [-0.15, -0.1) is 0 Å². The summed E-state index contributed by atoms with van der Waals surface area (Å²) >= 11 is 3.12. The fraction of sp³-hybridized carbons (Fsp3) is 0.200. The smallest absolute Gasteiger partial charge is 0.167 e. The Labute approximate surface area is 130 Å². The van der Waals surface area contributed by atoms with E-state index in [1.54, 1.807) is 13.0 Å². The highest BCUT2D eigenvalue weighted by Crippen LogP contribution is 2.33. The number of anilines is 3. The van der Waals surface area contributed by atoms with E-state index in [0.717, 1.165) is 5.56 Å². The first-order chi connectivity index (χ1) is 9.92. The first-order valence-electron chi connectivity index (χ1n) is 6.36. The maximum Gasteiger partial charge on any atom is 0.167 e. The van der Waals surface area contributed by atoms with Crippen molar-refractivity contribution in [3.63, 3.8) is 0 Å². The highest BCUT2D eigenvalue weighted by Gasteiger charge is 2.11. The zero-order valence-electron chi connectivity index (χ0n) is 11.6. The standard InChI is InChI=1S/C15H15BrF2N2O/c1-3-21-15-7-14(12(19)5-11(15)18)20-13-6-10(17)9(16)4-8(13)2/h4-7,20H,3,19H2,1-2H3. The molecule has 0 saturated carbocycles. The van der Waals surface area contributed by atoms with Crippen LogP contribution in [0.25, 0.3) is 0 Å². The lowest BCUT2D eigenvalue weighted by Crippen LogP contribution is -2.02. The number of rotatable bonds is 4. The lowest BCUT2D eigenvalue weighted by atomic mass is 10.1. The van der Waals surface area contributed by atoms with Gasteiger partial charge in [-0.1, -0.05) is 0 Å². The molecule has 112 valence electrons. The van der Waals surface area contributed by atoms with Crippen molar-refractivity contribution in [2.75, 3.05) is 17.7 Å². The zero-order chi connectivity index (χ0) is 15.6. The van der Waals surface area contributed by atoms with Crippen LogP contribution < -0.4 is 15.8 Å². The Hall–Kier alpha value is -1.82. The van der Waals surface area contributed by atoms with Crippen molar-refractivity contribution in [2.24, 2.45) is 0 Å². The average Bonchev–Trinajstić information content (AvgIpc) is 2.41. The van der Waals surface area contributed by atoms with Gasteiger partial charge in [0.05, 0.1) is 22.5 Å². The number of hydrogen-bond acceptors (Lipinski definition) is 3. The molecule has 0 amide bonds. The molecule has 2 aromatic carbocycles. The molecule has 0 heterocycles. The Morgan fingerprint density at radius 2 is 1.86 bits per heavy atom. The molecule has 2 rings (SSSR count). The van der Waals surface area contributed by atoms with Crippen molar-refractivity contribution >= 4 is 33.0 Å². The fourth-order valence-corrected chi connectivity index (χ4v) is 2.33. The van der Waals surface area contributed by atoms with E-state index in [4.69, 9.17) is 10.5 Å². The normalized spacial score (nSPS) is 10.5. The van der Waals surface area contributed by atoms with Gasteiger partial charge in [-0.2, -0.15) is 0 Å². The van der Waals surface area contributed by atoms with Gasteiger partial charge in [0, 0.05) is 17.8 Å². The quantitative estimate of drug-likeness (QED) is 0.776. The van der Waals surface area contributed by atoms with Crippen LogP contribution in [0.3, 0.4) is 0 Å². The molecule has 3 N–H and O–H groups in total. The minimum Gasteiger partial charge on any atom is -0.491 e. The van der Waals surface area contributed by atoms with Crippen LogP contribution in [0, 0.1) is 18.6 Å². The van der Waals surface area contributed by atoms with Crippen molar-refractivity contribution in [1.82, 2.24) is 0 Å². The molecule has 3 nitrogen and oxygen atoms in total. The third kappa shape index (κ3) is 3.44. The molecule has 2 aromatic rings. The topological polar surface area (TPSA) is 47.3 Å². The van der Waals surface area contributed by atoms with Gasteiger partial charge in [-0.25, -0.2) is 8.78 Å². The molecule has 0 bridgehead atoms. The minimum atomic E-state index is -0.529. The van der Waals surface area contributed by atoms with Gasteiger partial charge < -0.3 is 15.8 Å². The van der Waals surface area contributed by atoms with Gasteiger partial charge in [-0.3, -0.25) is 0 Å². The minimum absolute atomic E-state index is 0.101. The van der Waals surface area contributed by atoms with Crippen LogP contribution in [0.15, 0.2) is 28.7 Å². The van der Waals surface area contributed by atoms with E-state index in [0.29, 0.717) is 22.5 Å². The van der Waals surface area contributed by atoms with E-state index in [9.17, 15) is 8.78 Å². The van der Waals surface area contributed by atoms with Gasteiger partial charge in [0.2, 0.25) is 0 Å². The number of nitrogens with one attached hydrogen (secondary N) is 1. The van der Waals surface area contributed by atoms with Crippen LogP contribution in [-0.4, -0.2) is 6.61 Å². The summed E-state index contributed by atoms with van der Waals surface area (Å²) in [5, 5.41) is 3.00. The highest BCUT2D eigenvalue weighted by atomic mass is 79.9. The predicted octanol–water partition coefficient (Wildman–Crippen LogP) is 4.76. The van der Waals surface area contributed by atoms with Crippen LogP contribution in [0.5, 0.6) is 5.75 Å². The van der Waals surface area contributed by atoms with E-state index in [1.807, 2.05) is 6.92 Å². The van der Waals surface area contributed by atoms with Crippen molar-refractivity contribution in [2.45, 2.75) is 13.8 Å². The van der Waals surface area contributed by atoms with Crippen molar-refractivity contribution in [3.05, 3.63) is 45.9 Å². The molecule has 0 aliphatic rings. The molecule has 0 fully saturated rings. The van der Waals surface area contributed by atoms with Gasteiger partial charge >= 0.3 is 0 Å². The number of nitrogen functional groups attached to an aromatic ring is 1. The summed E-state index contributed by atoms with van der Waals surface area (Å²) in [5.41, 5.74) is 7.85. The molecule has 21 heavy (non-hydrogen) atoms. The molecular formula is C15H15BrF2N2O. The van der Waals surface area contributed by atoms with Gasteiger partial charge in [0.15, 0.2) is 11.6 Å². The Balaban J connectivity index is 2.39. The highest BCUT2D eigenvalue weighted by molar-refractivity contribution is 9.10. The second kappa shape index (κ2) is 6.30. The number of nitrogens with two attached hydrogens (primary N) is 1. The molecule has 0 aliphatic heterocycles. The largest absolute Gasteiger partial charge is 0.491 e. The van der Waals surface area contributed by atoms with Crippen molar-refractivity contribution in [1.29, 1.82) is 0 Å². The molecule has 0 unspecified atom stereocenters. The first-order valence-corrected chi connectivity index (χ1v) is 7.16. The lowest BCUT2D eigenvalue weighted by molar-refractivity contribution is 0.322. The summed E-state index contributed by atoms with van der Waals surface area (Å²) in [6, 6.07) is 5.65. The molecule has 0 aromatic heterocycles.